The van der Waals surface area contributed by atoms with Crippen molar-refractivity contribution in [3.05, 3.63) is 69.7 Å². The van der Waals surface area contributed by atoms with Gasteiger partial charge in [-0.25, -0.2) is 0 Å². The van der Waals surface area contributed by atoms with Gasteiger partial charge in [-0.15, -0.1) is 0 Å². The number of nitrogens with one attached hydrogen (secondary N) is 1. The summed E-state index contributed by atoms with van der Waals surface area (Å²) < 4.78 is 14.9. The predicted octanol–water partition coefficient (Wildman–Crippen LogP) is 3.16. The molecule has 194 valence electrons. The van der Waals surface area contributed by atoms with Gasteiger partial charge >= 0.3 is 0 Å². The van der Waals surface area contributed by atoms with Crippen LogP contribution < -0.4 is 26.3 Å². The van der Waals surface area contributed by atoms with Gasteiger partial charge in [0.1, 0.15) is 10.9 Å². The number of hydrogen-bond donors (Lipinski definition) is 3. The minimum atomic E-state index is -1.02. The molecule has 0 bridgehead atoms. The van der Waals surface area contributed by atoms with Crippen molar-refractivity contribution in [1.29, 1.82) is 0 Å². The number of benzene rings is 2. The number of carbonyl (C=O) groups is 3. The van der Waals surface area contributed by atoms with E-state index < -0.39 is 23.4 Å². The molecule has 0 spiro atoms. The van der Waals surface area contributed by atoms with Crippen molar-refractivity contribution < 1.29 is 23.9 Å². The lowest BCUT2D eigenvalue weighted by molar-refractivity contribution is -0.127. The number of aromatic nitrogens is 1. The van der Waals surface area contributed by atoms with Crippen LogP contribution in [0, 0.1) is 6.92 Å². The van der Waals surface area contributed by atoms with Gasteiger partial charge in [0.25, 0.3) is 11.8 Å². The van der Waals surface area contributed by atoms with Crippen LogP contribution in [0.2, 0.25) is 0 Å². The molecule has 0 radical (unpaired) electrons. The quantitative estimate of drug-likeness (QED) is 0.430. The Balaban J connectivity index is 1.83. The zero-order valence-corrected chi connectivity index (χ0v) is 21.8. The number of nitrogens with two attached hydrogens (primary N) is 2. The van der Waals surface area contributed by atoms with Crippen molar-refractivity contribution in [2.75, 3.05) is 12.5 Å². The fraction of sp³-hybridized carbons (Fsp3) is 0.308. The molecule has 2 heterocycles. The SMILES string of the molecule is Cc1ccc([C@H](C(=O)NC(C)(C)C)N(Cc2ccc3c(c2)OCO3)C(=O)c2snc(C(N)=O)c2N)cc1. The first-order chi connectivity index (χ1) is 17.4. The Morgan fingerprint density at radius 1 is 1.11 bits per heavy atom. The number of nitrogens with zero attached hydrogens (tertiary/aromatic N) is 2. The zero-order chi connectivity index (χ0) is 26.9. The number of anilines is 1. The van der Waals surface area contributed by atoms with Crippen LogP contribution in [0.3, 0.4) is 0 Å². The lowest BCUT2D eigenvalue weighted by atomic mass is 9.99. The molecule has 1 aromatic heterocycles. The van der Waals surface area contributed by atoms with Crippen molar-refractivity contribution in [2.24, 2.45) is 5.73 Å². The van der Waals surface area contributed by atoms with Gasteiger partial charge in [-0.3, -0.25) is 14.4 Å². The fourth-order valence-corrected chi connectivity index (χ4v) is 4.70. The number of rotatable bonds is 7. The summed E-state index contributed by atoms with van der Waals surface area (Å²) in [6.07, 6.45) is 0. The minimum absolute atomic E-state index is 0.0233. The molecule has 10 nitrogen and oxygen atoms in total. The monoisotopic (exact) mass is 523 g/mol. The number of nitrogen functional groups attached to an aromatic ring is 1. The maximum Gasteiger partial charge on any atom is 0.270 e. The third-order valence-corrected chi connectivity index (χ3v) is 6.51. The summed E-state index contributed by atoms with van der Waals surface area (Å²) in [5.74, 6) is -0.627. The number of carbonyl (C=O) groups excluding carboxylic acids is 3. The van der Waals surface area contributed by atoms with Crippen LogP contribution in [0.5, 0.6) is 11.5 Å². The van der Waals surface area contributed by atoms with Crippen molar-refractivity contribution in [3.63, 3.8) is 0 Å². The second-order valence-electron chi connectivity index (χ2n) is 9.81. The van der Waals surface area contributed by atoms with E-state index in [0.717, 1.165) is 17.1 Å². The molecule has 5 N–H and O–H groups in total. The minimum Gasteiger partial charge on any atom is -0.454 e. The van der Waals surface area contributed by atoms with E-state index in [0.29, 0.717) is 22.6 Å². The lowest BCUT2D eigenvalue weighted by Crippen LogP contribution is -2.49. The highest BCUT2D eigenvalue weighted by Gasteiger charge is 2.36. The van der Waals surface area contributed by atoms with Crippen molar-refractivity contribution in [2.45, 2.75) is 45.8 Å². The number of primary amides is 1. The Morgan fingerprint density at radius 3 is 2.41 bits per heavy atom. The number of amides is 3. The predicted molar refractivity (Wildman–Crippen MR) is 139 cm³/mol. The van der Waals surface area contributed by atoms with Gasteiger partial charge in [0.05, 0.1) is 5.69 Å². The molecular weight excluding hydrogens is 494 g/mol. The highest BCUT2D eigenvalue weighted by atomic mass is 32.1. The van der Waals surface area contributed by atoms with Crippen LogP contribution in [0.1, 0.15) is 63.7 Å². The molecule has 1 aliphatic heterocycles. The highest BCUT2D eigenvalue weighted by Crippen LogP contribution is 2.35. The van der Waals surface area contributed by atoms with E-state index >= 15 is 0 Å². The van der Waals surface area contributed by atoms with Crippen LogP contribution in [-0.2, 0) is 11.3 Å². The van der Waals surface area contributed by atoms with Crippen molar-refractivity contribution in [1.82, 2.24) is 14.6 Å². The summed E-state index contributed by atoms with van der Waals surface area (Å²) in [4.78, 5) is 40.9. The Bertz CT molecular complexity index is 1350. The lowest BCUT2D eigenvalue weighted by Gasteiger charge is -2.33. The Kier molecular flexibility index (Phi) is 7.08. The van der Waals surface area contributed by atoms with Gasteiger partial charge in [0, 0.05) is 12.1 Å². The first kappa shape index (κ1) is 26.0. The van der Waals surface area contributed by atoms with Crippen LogP contribution in [-0.4, -0.2) is 39.3 Å². The van der Waals surface area contributed by atoms with E-state index in [4.69, 9.17) is 20.9 Å². The summed E-state index contributed by atoms with van der Waals surface area (Å²) in [5, 5.41) is 2.99. The number of fused-ring (bicyclic) bond motifs is 1. The number of aryl methyl sites for hydroxylation is 1. The Morgan fingerprint density at radius 2 is 1.78 bits per heavy atom. The van der Waals surface area contributed by atoms with Gasteiger partial charge in [0.2, 0.25) is 12.7 Å². The van der Waals surface area contributed by atoms with Gasteiger partial charge in [-0.05, 0) is 62.5 Å². The Hall–Kier alpha value is -4.12. The standard InChI is InChI=1S/C26H29N5O5S/c1-14-5-8-16(9-6-14)21(24(33)29-26(2,3)4)31(12-15-7-10-17-18(11-15)36-13-35-17)25(34)22-19(27)20(23(28)32)30-37-22/h5-11,21H,12-13,27H2,1-4H3,(H2,28,32)(H,29,33)/t21-/m1/s1. The highest BCUT2D eigenvalue weighted by molar-refractivity contribution is 7.09. The van der Waals surface area contributed by atoms with Crippen LogP contribution in [0.25, 0.3) is 0 Å². The summed E-state index contributed by atoms with van der Waals surface area (Å²) in [7, 11) is 0. The summed E-state index contributed by atoms with van der Waals surface area (Å²) >= 11 is 0.768. The largest absolute Gasteiger partial charge is 0.454 e. The molecule has 3 aromatic rings. The molecule has 37 heavy (non-hydrogen) atoms. The molecule has 4 rings (SSSR count). The molecule has 1 aliphatic rings. The molecule has 0 saturated carbocycles. The van der Waals surface area contributed by atoms with Crippen LogP contribution >= 0.6 is 11.5 Å². The van der Waals surface area contributed by atoms with E-state index in [1.807, 2.05) is 52.0 Å². The van der Waals surface area contributed by atoms with E-state index in [2.05, 4.69) is 9.69 Å². The van der Waals surface area contributed by atoms with Gasteiger partial charge in [0.15, 0.2) is 17.2 Å². The average molecular weight is 524 g/mol. The molecule has 3 amide bonds. The molecule has 0 saturated heterocycles. The van der Waals surface area contributed by atoms with Gasteiger partial charge in [-0.1, -0.05) is 35.9 Å². The first-order valence-corrected chi connectivity index (χ1v) is 12.3. The molecule has 1 atom stereocenters. The van der Waals surface area contributed by atoms with Gasteiger partial charge in [-0.2, -0.15) is 4.37 Å². The van der Waals surface area contributed by atoms with Crippen LogP contribution in [0.15, 0.2) is 42.5 Å². The van der Waals surface area contributed by atoms with Crippen molar-refractivity contribution in [3.8, 4) is 11.5 Å². The first-order valence-electron chi connectivity index (χ1n) is 11.6. The molecule has 0 unspecified atom stereocenters. The number of hydrogen-bond acceptors (Lipinski definition) is 8. The normalized spacial score (nSPS) is 13.2. The number of ether oxygens (including phenoxy) is 2. The van der Waals surface area contributed by atoms with Crippen LogP contribution in [0.4, 0.5) is 5.69 Å². The third-order valence-electron chi connectivity index (χ3n) is 5.66. The molecular formula is C26H29N5O5S. The maximum atomic E-state index is 14.0. The third kappa shape index (κ3) is 5.67. The molecule has 0 fully saturated rings. The van der Waals surface area contributed by atoms with E-state index in [9.17, 15) is 14.4 Å². The van der Waals surface area contributed by atoms with E-state index in [1.165, 1.54) is 4.90 Å². The van der Waals surface area contributed by atoms with Gasteiger partial charge < -0.3 is 31.2 Å². The molecule has 0 aliphatic carbocycles. The molecule has 2 aromatic carbocycles. The summed E-state index contributed by atoms with van der Waals surface area (Å²) in [6.45, 7) is 7.67. The zero-order valence-electron chi connectivity index (χ0n) is 21.0. The maximum absolute atomic E-state index is 14.0. The Labute approximate surface area is 218 Å². The second-order valence-corrected chi connectivity index (χ2v) is 10.6. The fourth-order valence-electron chi connectivity index (χ4n) is 3.94. The van der Waals surface area contributed by atoms with Crippen molar-refractivity contribution >= 4 is 34.9 Å². The molecule has 11 heteroatoms. The smallest absolute Gasteiger partial charge is 0.270 e. The summed E-state index contributed by atoms with van der Waals surface area (Å²) in [6, 6.07) is 11.7. The van der Waals surface area contributed by atoms with E-state index in [-0.39, 0.29) is 35.5 Å². The average Bonchev–Trinajstić information content (AvgIpc) is 3.44. The van der Waals surface area contributed by atoms with E-state index in [1.54, 1.807) is 18.2 Å². The summed E-state index contributed by atoms with van der Waals surface area (Å²) in [5.41, 5.74) is 13.0. The second kappa shape index (κ2) is 10.1. The topological polar surface area (TPSA) is 150 Å².